The van der Waals surface area contributed by atoms with Gasteiger partial charge in [-0.05, 0) is 103 Å². The van der Waals surface area contributed by atoms with E-state index in [9.17, 15) is 0 Å². The Kier molecular flexibility index (Phi) is 10.3. The summed E-state index contributed by atoms with van der Waals surface area (Å²) in [5, 5.41) is 6.61. The van der Waals surface area contributed by atoms with Crippen molar-refractivity contribution in [2.45, 2.75) is 64.3 Å². The molecule has 0 aliphatic heterocycles. The van der Waals surface area contributed by atoms with Crippen LogP contribution in [0.15, 0.2) is 146 Å². The van der Waals surface area contributed by atoms with Crippen molar-refractivity contribution in [1.29, 1.82) is 0 Å². The van der Waals surface area contributed by atoms with E-state index in [1.807, 2.05) is 0 Å². The van der Waals surface area contributed by atoms with Crippen molar-refractivity contribution in [1.82, 2.24) is 0 Å². The van der Waals surface area contributed by atoms with Gasteiger partial charge in [-0.1, -0.05) is 117 Å². The van der Waals surface area contributed by atoms with E-state index < -0.39 is 0 Å². The Morgan fingerprint density at radius 3 is 1.43 bits per heavy atom. The van der Waals surface area contributed by atoms with Crippen LogP contribution in [0.4, 0.5) is 28.4 Å². The first kappa shape index (κ1) is 32.5. The van der Waals surface area contributed by atoms with Crippen LogP contribution in [-0.4, -0.2) is 19.1 Å². The van der Waals surface area contributed by atoms with Gasteiger partial charge in [0.2, 0.25) is 0 Å². The SMILES string of the molecule is CCN(c1ccccc1)c1ccc(C(c2ccc(N(CC)c3ccccc3)cc2)c2ccc(NC3CCCCCC3)c3ccccc23)cc1. The highest BCUT2D eigenvalue weighted by Gasteiger charge is 2.22. The van der Waals surface area contributed by atoms with Crippen LogP contribution in [0.5, 0.6) is 0 Å². The van der Waals surface area contributed by atoms with Crippen molar-refractivity contribution in [3.63, 3.8) is 0 Å². The van der Waals surface area contributed by atoms with Gasteiger partial charge in [-0.15, -0.1) is 0 Å². The fraction of sp³-hybridized carbons (Fsp3) is 0.261. The Bertz CT molecular complexity index is 1820. The Morgan fingerprint density at radius 2 is 0.939 bits per heavy atom. The average Bonchev–Trinajstić information content (AvgIpc) is 3.44. The highest BCUT2D eigenvalue weighted by Crippen LogP contribution is 2.41. The van der Waals surface area contributed by atoms with Crippen LogP contribution in [0.2, 0.25) is 0 Å². The van der Waals surface area contributed by atoms with Crippen molar-refractivity contribution in [2.24, 2.45) is 0 Å². The predicted octanol–water partition coefficient (Wildman–Crippen LogP) is 12.5. The molecule has 0 radical (unpaired) electrons. The fourth-order valence-corrected chi connectivity index (χ4v) is 7.83. The summed E-state index contributed by atoms with van der Waals surface area (Å²) < 4.78 is 0. The predicted molar refractivity (Wildman–Crippen MR) is 211 cm³/mol. The Labute approximate surface area is 293 Å². The first-order valence-corrected chi connectivity index (χ1v) is 18.4. The van der Waals surface area contributed by atoms with E-state index in [0.29, 0.717) is 6.04 Å². The van der Waals surface area contributed by atoms with Crippen LogP contribution in [-0.2, 0) is 0 Å². The summed E-state index contributed by atoms with van der Waals surface area (Å²) in [5.74, 6) is 0.0820. The van der Waals surface area contributed by atoms with Gasteiger partial charge in [0.05, 0.1) is 0 Å². The molecule has 0 atom stereocenters. The molecule has 0 spiro atoms. The van der Waals surface area contributed by atoms with Crippen molar-refractivity contribution >= 4 is 39.2 Å². The molecule has 1 fully saturated rings. The molecule has 3 heteroatoms. The smallest absolute Gasteiger partial charge is 0.0422 e. The van der Waals surface area contributed by atoms with Crippen LogP contribution in [0.25, 0.3) is 10.8 Å². The second kappa shape index (κ2) is 15.5. The normalized spacial score (nSPS) is 13.7. The molecule has 1 aliphatic rings. The molecule has 3 nitrogen and oxygen atoms in total. The van der Waals surface area contributed by atoms with E-state index in [1.54, 1.807) is 0 Å². The Hall–Kier alpha value is -5.02. The summed E-state index contributed by atoms with van der Waals surface area (Å²) in [6, 6.07) is 54.2. The van der Waals surface area contributed by atoms with Gasteiger partial charge in [0.25, 0.3) is 0 Å². The summed E-state index contributed by atoms with van der Waals surface area (Å²) in [6.45, 7) is 6.25. The number of anilines is 5. The van der Waals surface area contributed by atoms with E-state index in [-0.39, 0.29) is 5.92 Å². The van der Waals surface area contributed by atoms with Crippen molar-refractivity contribution in [3.8, 4) is 0 Å². The minimum absolute atomic E-state index is 0.0820. The summed E-state index contributed by atoms with van der Waals surface area (Å²) in [7, 11) is 0. The van der Waals surface area contributed by atoms with Gasteiger partial charge in [-0.25, -0.2) is 0 Å². The molecular weight excluding hydrogens is 595 g/mol. The van der Waals surface area contributed by atoms with Gasteiger partial charge in [-0.2, -0.15) is 0 Å². The van der Waals surface area contributed by atoms with E-state index in [2.05, 4.69) is 175 Å². The summed E-state index contributed by atoms with van der Waals surface area (Å²) in [6.07, 6.45) is 7.88. The molecular formula is C46H49N3. The van der Waals surface area contributed by atoms with Crippen LogP contribution >= 0.6 is 0 Å². The molecule has 1 N–H and O–H groups in total. The molecule has 0 saturated heterocycles. The van der Waals surface area contributed by atoms with E-state index >= 15 is 0 Å². The van der Waals surface area contributed by atoms with E-state index in [1.165, 1.54) is 94.4 Å². The Morgan fingerprint density at radius 1 is 0.490 bits per heavy atom. The maximum absolute atomic E-state index is 3.98. The minimum atomic E-state index is 0.0820. The molecule has 0 aromatic heterocycles. The standard InChI is InChI=1S/C46H49N3/c1-3-48(38-19-11-7-12-20-38)40-29-25-35(26-30-40)46(36-27-31-41(32-28-36)49(4-2)39-21-13-8-14-22-39)44-33-34-45(43-24-16-15-23-42(43)44)47-37-17-9-5-6-10-18-37/h7-8,11-16,19-34,37,46-47H,3-6,9-10,17-18H2,1-2H3. The lowest BCUT2D eigenvalue weighted by atomic mass is 9.82. The zero-order chi connectivity index (χ0) is 33.4. The third-order valence-corrected chi connectivity index (χ3v) is 10.3. The molecule has 1 saturated carbocycles. The molecule has 7 rings (SSSR count). The van der Waals surface area contributed by atoms with Crippen molar-refractivity contribution < 1.29 is 0 Å². The highest BCUT2D eigenvalue weighted by atomic mass is 15.1. The van der Waals surface area contributed by atoms with Gasteiger partial charge >= 0.3 is 0 Å². The number of hydrogen-bond donors (Lipinski definition) is 1. The third-order valence-electron chi connectivity index (χ3n) is 10.3. The third kappa shape index (κ3) is 7.22. The first-order chi connectivity index (χ1) is 24.2. The average molecular weight is 644 g/mol. The Balaban J connectivity index is 1.30. The number of hydrogen-bond acceptors (Lipinski definition) is 3. The number of benzene rings is 6. The van der Waals surface area contributed by atoms with Gasteiger partial charge < -0.3 is 15.1 Å². The maximum atomic E-state index is 3.98. The lowest BCUT2D eigenvalue weighted by molar-refractivity contribution is 0.620. The van der Waals surface area contributed by atoms with Crippen molar-refractivity contribution in [2.75, 3.05) is 28.2 Å². The van der Waals surface area contributed by atoms with Gasteiger partial charge in [-0.3, -0.25) is 0 Å². The topological polar surface area (TPSA) is 18.5 Å². The quantitative estimate of drug-likeness (QED) is 0.112. The summed E-state index contributed by atoms with van der Waals surface area (Å²) in [4.78, 5) is 4.75. The molecule has 0 heterocycles. The highest BCUT2D eigenvalue weighted by molar-refractivity contribution is 5.97. The van der Waals surface area contributed by atoms with Crippen LogP contribution in [0, 0.1) is 0 Å². The zero-order valence-electron chi connectivity index (χ0n) is 29.1. The number of rotatable bonds is 11. The number of para-hydroxylation sites is 2. The summed E-state index contributed by atoms with van der Waals surface area (Å²) >= 11 is 0. The second-order valence-corrected chi connectivity index (χ2v) is 13.4. The molecule has 6 aromatic carbocycles. The van der Waals surface area contributed by atoms with Crippen LogP contribution in [0.3, 0.4) is 0 Å². The molecule has 0 amide bonds. The maximum Gasteiger partial charge on any atom is 0.0422 e. The van der Waals surface area contributed by atoms with Gasteiger partial charge in [0.15, 0.2) is 0 Å². The fourth-order valence-electron chi connectivity index (χ4n) is 7.83. The lowest BCUT2D eigenvalue weighted by Crippen LogP contribution is -2.18. The number of nitrogens with one attached hydrogen (secondary N) is 1. The molecule has 6 aromatic rings. The van der Waals surface area contributed by atoms with Crippen LogP contribution in [0.1, 0.15) is 75.0 Å². The van der Waals surface area contributed by atoms with Crippen LogP contribution < -0.4 is 15.1 Å². The zero-order valence-corrected chi connectivity index (χ0v) is 29.1. The van der Waals surface area contributed by atoms with Gasteiger partial charge in [0.1, 0.15) is 0 Å². The minimum Gasteiger partial charge on any atom is -0.382 e. The van der Waals surface area contributed by atoms with E-state index in [0.717, 1.165) is 13.1 Å². The summed E-state index contributed by atoms with van der Waals surface area (Å²) in [5.41, 5.74) is 10.0. The first-order valence-electron chi connectivity index (χ1n) is 18.4. The molecule has 0 unspecified atom stereocenters. The molecule has 49 heavy (non-hydrogen) atoms. The molecule has 248 valence electrons. The number of fused-ring (bicyclic) bond motifs is 1. The molecule has 1 aliphatic carbocycles. The van der Waals surface area contributed by atoms with Gasteiger partial charge in [0, 0.05) is 58.9 Å². The monoisotopic (exact) mass is 643 g/mol. The number of nitrogens with zero attached hydrogens (tertiary/aromatic N) is 2. The van der Waals surface area contributed by atoms with E-state index in [4.69, 9.17) is 0 Å². The molecule has 0 bridgehead atoms. The van der Waals surface area contributed by atoms with Crippen molar-refractivity contribution in [3.05, 3.63) is 162 Å². The second-order valence-electron chi connectivity index (χ2n) is 13.4. The lowest BCUT2D eigenvalue weighted by Gasteiger charge is -2.27. The largest absolute Gasteiger partial charge is 0.382 e.